The minimum Gasteiger partial charge on any atom is -0.434 e. The van der Waals surface area contributed by atoms with Crippen molar-refractivity contribution in [2.24, 2.45) is 0 Å². The quantitative estimate of drug-likeness (QED) is 0.570. The van der Waals surface area contributed by atoms with Crippen molar-refractivity contribution in [3.63, 3.8) is 0 Å². The van der Waals surface area contributed by atoms with Crippen LogP contribution in [0.4, 0.5) is 0 Å². The average molecular weight is 248 g/mol. The van der Waals surface area contributed by atoms with Gasteiger partial charge in [-0.25, -0.2) is 4.79 Å². The molecule has 1 heterocycles. The van der Waals surface area contributed by atoms with Crippen LogP contribution >= 0.6 is 0 Å². The van der Waals surface area contributed by atoms with Gasteiger partial charge < -0.3 is 9.47 Å². The topological polar surface area (TPSA) is 35.5 Å². The Bertz CT molecular complexity index is 375. The average Bonchev–Trinajstić information content (AvgIpc) is 2.77. The summed E-state index contributed by atoms with van der Waals surface area (Å²) in [6.07, 6.45) is 4.55. The van der Waals surface area contributed by atoms with Crippen LogP contribution < -0.4 is 0 Å². The smallest absolute Gasteiger partial charge is 0.342 e. The van der Waals surface area contributed by atoms with Crippen LogP contribution in [0.5, 0.6) is 0 Å². The van der Waals surface area contributed by atoms with Gasteiger partial charge in [-0.3, -0.25) is 0 Å². The van der Waals surface area contributed by atoms with Gasteiger partial charge in [0.25, 0.3) is 0 Å². The molecular formula is C15H20O3. The number of unbranched alkanes of at least 4 members (excludes halogenated alkanes) is 3. The van der Waals surface area contributed by atoms with Gasteiger partial charge in [0.2, 0.25) is 6.29 Å². The van der Waals surface area contributed by atoms with Crippen molar-refractivity contribution in [1.29, 1.82) is 0 Å². The van der Waals surface area contributed by atoms with Crippen LogP contribution in [0.25, 0.3) is 0 Å². The molecule has 0 spiro atoms. The molecule has 3 heteroatoms. The molecule has 1 fully saturated rings. The van der Waals surface area contributed by atoms with E-state index < -0.39 is 6.10 Å². The second-order valence-corrected chi connectivity index (χ2v) is 4.64. The van der Waals surface area contributed by atoms with Gasteiger partial charge in [-0.1, -0.05) is 56.5 Å². The molecule has 2 rings (SSSR count). The third kappa shape index (κ3) is 3.33. The molecule has 0 aromatic heterocycles. The summed E-state index contributed by atoms with van der Waals surface area (Å²) in [6, 6.07) is 9.52. The molecule has 0 bridgehead atoms. The minimum atomic E-state index is -0.539. The fourth-order valence-corrected chi connectivity index (χ4v) is 2.13. The van der Waals surface area contributed by atoms with Crippen molar-refractivity contribution in [2.45, 2.75) is 51.4 Å². The maximum atomic E-state index is 11.7. The Morgan fingerprint density at radius 3 is 2.61 bits per heavy atom. The Labute approximate surface area is 108 Å². The van der Waals surface area contributed by atoms with Gasteiger partial charge in [0.1, 0.15) is 0 Å². The highest BCUT2D eigenvalue weighted by Crippen LogP contribution is 2.29. The first kappa shape index (κ1) is 13.1. The van der Waals surface area contributed by atoms with Gasteiger partial charge in [-0.2, -0.15) is 0 Å². The van der Waals surface area contributed by atoms with E-state index >= 15 is 0 Å². The monoisotopic (exact) mass is 248 g/mol. The van der Waals surface area contributed by atoms with E-state index in [-0.39, 0.29) is 12.3 Å². The standard InChI is InChI=1S/C15H20O3/c1-2-3-4-8-11-13-17-14(15(16)18-13)12-9-6-5-7-10-12/h5-7,9-10,13-14H,2-4,8,11H2,1H3/t13-,14+/m0/s1. The number of cyclic esters (lactones) is 1. The van der Waals surface area contributed by atoms with Gasteiger partial charge in [-0.15, -0.1) is 0 Å². The van der Waals surface area contributed by atoms with Crippen LogP contribution in [0.2, 0.25) is 0 Å². The van der Waals surface area contributed by atoms with E-state index in [0.29, 0.717) is 0 Å². The first-order chi connectivity index (χ1) is 8.81. The van der Waals surface area contributed by atoms with Crippen molar-refractivity contribution in [3.05, 3.63) is 35.9 Å². The largest absolute Gasteiger partial charge is 0.434 e. The summed E-state index contributed by atoms with van der Waals surface area (Å²) < 4.78 is 10.9. The molecule has 0 radical (unpaired) electrons. The molecule has 1 aliphatic rings. The number of hydrogen-bond donors (Lipinski definition) is 0. The van der Waals surface area contributed by atoms with Gasteiger partial charge >= 0.3 is 5.97 Å². The molecule has 1 aliphatic heterocycles. The number of carbonyl (C=O) groups excluding carboxylic acids is 1. The number of ether oxygens (including phenoxy) is 2. The zero-order chi connectivity index (χ0) is 12.8. The van der Waals surface area contributed by atoms with Crippen molar-refractivity contribution >= 4 is 5.97 Å². The number of carbonyl (C=O) groups is 1. The molecular weight excluding hydrogens is 228 g/mol. The Morgan fingerprint density at radius 2 is 1.89 bits per heavy atom. The van der Waals surface area contributed by atoms with E-state index in [1.807, 2.05) is 30.3 Å². The molecule has 0 amide bonds. The Hall–Kier alpha value is -1.35. The van der Waals surface area contributed by atoms with E-state index in [1.54, 1.807) is 0 Å². The lowest BCUT2D eigenvalue weighted by Gasteiger charge is -2.09. The summed E-state index contributed by atoms with van der Waals surface area (Å²) in [4.78, 5) is 11.7. The molecule has 0 unspecified atom stereocenters. The lowest BCUT2D eigenvalue weighted by Crippen LogP contribution is -2.07. The normalized spacial score (nSPS) is 23.1. The van der Waals surface area contributed by atoms with Crippen LogP contribution in [-0.2, 0) is 14.3 Å². The van der Waals surface area contributed by atoms with Gasteiger partial charge in [0.05, 0.1) is 0 Å². The fourth-order valence-electron chi connectivity index (χ4n) is 2.13. The zero-order valence-corrected chi connectivity index (χ0v) is 10.8. The fraction of sp³-hybridized carbons (Fsp3) is 0.533. The number of esters is 1. The van der Waals surface area contributed by atoms with Crippen molar-refractivity contribution in [3.8, 4) is 0 Å². The molecule has 1 aromatic rings. The van der Waals surface area contributed by atoms with E-state index in [2.05, 4.69) is 6.92 Å². The summed E-state index contributed by atoms with van der Waals surface area (Å²) in [5.74, 6) is -0.262. The van der Waals surface area contributed by atoms with Gasteiger partial charge in [-0.05, 0) is 12.0 Å². The third-order valence-corrected chi connectivity index (χ3v) is 3.15. The number of hydrogen-bond acceptors (Lipinski definition) is 3. The summed E-state index contributed by atoms with van der Waals surface area (Å²) >= 11 is 0. The van der Waals surface area contributed by atoms with Crippen LogP contribution in [0.3, 0.4) is 0 Å². The molecule has 98 valence electrons. The summed E-state index contributed by atoms with van der Waals surface area (Å²) in [7, 11) is 0. The summed E-state index contributed by atoms with van der Waals surface area (Å²) in [5, 5.41) is 0. The van der Waals surface area contributed by atoms with E-state index in [0.717, 1.165) is 18.4 Å². The van der Waals surface area contributed by atoms with E-state index in [9.17, 15) is 4.79 Å². The maximum absolute atomic E-state index is 11.7. The Balaban J connectivity index is 1.84. The number of rotatable bonds is 6. The van der Waals surface area contributed by atoms with Crippen LogP contribution in [0, 0.1) is 0 Å². The summed E-state index contributed by atoms with van der Waals surface area (Å²) in [6.45, 7) is 2.18. The van der Waals surface area contributed by atoms with Crippen LogP contribution in [-0.4, -0.2) is 12.3 Å². The molecule has 18 heavy (non-hydrogen) atoms. The molecule has 0 N–H and O–H groups in total. The Morgan fingerprint density at radius 1 is 1.11 bits per heavy atom. The van der Waals surface area contributed by atoms with E-state index in [4.69, 9.17) is 9.47 Å². The van der Waals surface area contributed by atoms with Gasteiger partial charge in [0.15, 0.2) is 6.10 Å². The molecule has 1 aromatic carbocycles. The van der Waals surface area contributed by atoms with E-state index in [1.165, 1.54) is 19.3 Å². The van der Waals surface area contributed by atoms with Crippen molar-refractivity contribution in [1.82, 2.24) is 0 Å². The first-order valence-electron chi connectivity index (χ1n) is 6.72. The van der Waals surface area contributed by atoms with Crippen molar-refractivity contribution < 1.29 is 14.3 Å². The Kier molecular flexibility index (Phi) is 4.76. The SMILES string of the molecule is CCCCCC[C@@H]1OC(=O)[C@@H](c2ccccc2)O1. The van der Waals surface area contributed by atoms with Gasteiger partial charge in [0, 0.05) is 6.42 Å². The molecule has 3 nitrogen and oxygen atoms in total. The zero-order valence-electron chi connectivity index (χ0n) is 10.8. The first-order valence-corrected chi connectivity index (χ1v) is 6.72. The molecule has 2 atom stereocenters. The lowest BCUT2D eigenvalue weighted by atomic mass is 10.1. The summed E-state index contributed by atoms with van der Waals surface area (Å²) in [5.41, 5.74) is 0.874. The molecule has 1 saturated heterocycles. The highest BCUT2D eigenvalue weighted by molar-refractivity contribution is 5.77. The second kappa shape index (κ2) is 6.55. The highest BCUT2D eigenvalue weighted by Gasteiger charge is 2.35. The lowest BCUT2D eigenvalue weighted by molar-refractivity contribution is -0.144. The number of benzene rings is 1. The molecule has 0 saturated carbocycles. The van der Waals surface area contributed by atoms with Crippen LogP contribution in [0.1, 0.15) is 50.7 Å². The maximum Gasteiger partial charge on any atom is 0.342 e. The van der Waals surface area contributed by atoms with Crippen molar-refractivity contribution in [2.75, 3.05) is 0 Å². The minimum absolute atomic E-state index is 0.262. The second-order valence-electron chi connectivity index (χ2n) is 4.64. The third-order valence-electron chi connectivity index (χ3n) is 3.15. The molecule has 0 aliphatic carbocycles. The predicted octanol–water partition coefficient (Wildman–Crippen LogP) is 3.60. The predicted molar refractivity (Wildman–Crippen MR) is 68.9 cm³/mol. The van der Waals surface area contributed by atoms with Crippen LogP contribution in [0.15, 0.2) is 30.3 Å². The highest BCUT2D eigenvalue weighted by atomic mass is 16.7.